The van der Waals surface area contributed by atoms with E-state index in [0.717, 1.165) is 27.6 Å². The molecule has 4 aromatic carbocycles. The van der Waals surface area contributed by atoms with Crippen molar-refractivity contribution in [2.24, 2.45) is 0 Å². The number of methoxy groups -OCH3 is 1. The Kier molecular flexibility index (Phi) is 4.71. The van der Waals surface area contributed by atoms with E-state index in [2.05, 4.69) is 78.9 Å². The fraction of sp³-hybridized carbons (Fsp3) is 0.138. The van der Waals surface area contributed by atoms with Crippen LogP contribution >= 0.6 is 0 Å². The van der Waals surface area contributed by atoms with Crippen molar-refractivity contribution in [2.75, 3.05) is 7.11 Å². The second-order valence-corrected chi connectivity index (χ2v) is 8.33. The molecule has 1 unspecified atom stereocenters. The van der Waals surface area contributed by atoms with E-state index in [1.165, 1.54) is 23.6 Å². The number of esters is 1. The minimum absolute atomic E-state index is 0.195. The van der Waals surface area contributed by atoms with Gasteiger partial charge in [-0.1, -0.05) is 84.9 Å². The molecule has 0 amide bonds. The smallest absolute Gasteiger partial charge is 0.316 e. The zero-order valence-corrected chi connectivity index (χ0v) is 17.8. The van der Waals surface area contributed by atoms with Crippen LogP contribution < -0.4 is 0 Å². The lowest BCUT2D eigenvalue weighted by molar-refractivity contribution is -0.146. The van der Waals surface area contributed by atoms with Gasteiger partial charge in [0.25, 0.3) is 0 Å². The molecule has 1 aliphatic rings. The summed E-state index contributed by atoms with van der Waals surface area (Å²) in [7, 11) is 1.48. The van der Waals surface area contributed by atoms with Crippen molar-refractivity contribution in [1.82, 2.24) is 0 Å². The maximum atomic E-state index is 13.0. The van der Waals surface area contributed by atoms with Crippen molar-refractivity contribution >= 4 is 27.9 Å². The highest BCUT2D eigenvalue weighted by Gasteiger charge is 2.45. The summed E-state index contributed by atoms with van der Waals surface area (Å²) >= 11 is 0. The molecule has 0 spiro atoms. The van der Waals surface area contributed by atoms with Gasteiger partial charge >= 0.3 is 5.97 Å². The molecule has 2 nitrogen and oxygen atoms in total. The second kappa shape index (κ2) is 7.55. The molecular weight excluding hydrogens is 380 g/mol. The minimum atomic E-state index is -0.724. The topological polar surface area (TPSA) is 26.3 Å². The molecule has 0 aromatic heterocycles. The molecule has 5 rings (SSSR count). The van der Waals surface area contributed by atoms with Gasteiger partial charge in [-0.25, -0.2) is 0 Å². The van der Waals surface area contributed by atoms with Crippen LogP contribution in [-0.2, 0) is 14.9 Å². The Morgan fingerprint density at radius 1 is 0.774 bits per heavy atom. The third-order valence-electron chi connectivity index (χ3n) is 6.40. The van der Waals surface area contributed by atoms with Crippen LogP contribution in [0.5, 0.6) is 0 Å². The first-order valence-electron chi connectivity index (χ1n) is 10.6. The summed E-state index contributed by atoms with van der Waals surface area (Å²) in [5.74, 6) is -0.195. The molecule has 0 saturated heterocycles. The van der Waals surface area contributed by atoms with Crippen molar-refractivity contribution in [2.45, 2.75) is 18.8 Å². The van der Waals surface area contributed by atoms with Crippen LogP contribution in [0.15, 0.2) is 97.1 Å². The Hall–Kier alpha value is -3.65. The number of ether oxygens (including phenoxy) is 1. The molecular formula is C29H24O2. The number of allylic oxidation sites excluding steroid dienone is 1. The fourth-order valence-corrected chi connectivity index (χ4v) is 4.85. The average Bonchev–Trinajstić information content (AvgIpc) is 3.11. The molecule has 1 atom stereocenters. The lowest BCUT2D eigenvalue weighted by Crippen LogP contribution is -2.31. The van der Waals surface area contributed by atoms with Gasteiger partial charge in [0.05, 0.1) is 12.5 Å². The zero-order chi connectivity index (χ0) is 21.4. The highest BCUT2D eigenvalue weighted by atomic mass is 16.5. The summed E-state index contributed by atoms with van der Waals surface area (Å²) < 4.78 is 5.28. The summed E-state index contributed by atoms with van der Waals surface area (Å²) in [6.45, 7) is 2.01. The van der Waals surface area contributed by atoms with Gasteiger partial charge in [0.1, 0.15) is 0 Å². The first-order chi connectivity index (χ1) is 15.1. The Bertz CT molecular complexity index is 1260. The molecule has 2 heteroatoms. The summed E-state index contributed by atoms with van der Waals surface area (Å²) in [6.07, 6.45) is 0.602. The average molecular weight is 405 g/mol. The number of carbonyl (C=O) groups excluding carboxylic acids is 1. The van der Waals surface area contributed by atoms with Gasteiger partial charge in [-0.05, 0) is 69.6 Å². The minimum Gasteiger partial charge on any atom is -0.468 e. The molecule has 0 fully saturated rings. The maximum absolute atomic E-state index is 13.0. The third-order valence-corrected chi connectivity index (χ3v) is 6.40. The standard InChI is InChI=1S/C29H24O2/c1-29(28(30)31-2)19-25(24-17-22-15-9-10-16-23(22)18-26(24)29)27(20-11-5-3-6-12-20)21-13-7-4-8-14-21/h3-18H,19H2,1-2H3. The zero-order valence-electron chi connectivity index (χ0n) is 17.8. The number of hydrogen-bond donors (Lipinski definition) is 0. The quantitative estimate of drug-likeness (QED) is 0.358. The highest BCUT2D eigenvalue weighted by molar-refractivity contribution is 6.06. The number of rotatable bonds is 3. The number of benzene rings is 4. The molecule has 31 heavy (non-hydrogen) atoms. The summed E-state index contributed by atoms with van der Waals surface area (Å²) in [6, 6.07) is 33.6. The van der Waals surface area contributed by atoms with Crippen molar-refractivity contribution < 1.29 is 9.53 Å². The molecule has 0 N–H and O–H groups in total. The Labute approximate surface area is 182 Å². The van der Waals surface area contributed by atoms with Gasteiger partial charge in [0.2, 0.25) is 0 Å². The molecule has 0 aliphatic heterocycles. The normalized spacial score (nSPS) is 17.4. The van der Waals surface area contributed by atoms with Gasteiger partial charge in [-0.2, -0.15) is 0 Å². The fourth-order valence-electron chi connectivity index (χ4n) is 4.85. The SMILES string of the molecule is COC(=O)C1(C)CC(=C(c2ccccc2)c2ccccc2)c2cc3ccccc3cc21. The van der Waals surface area contributed by atoms with Crippen molar-refractivity contribution in [3.05, 3.63) is 119 Å². The van der Waals surface area contributed by atoms with E-state index in [4.69, 9.17) is 4.74 Å². The van der Waals surface area contributed by atoms with Gasteiger partial charge in [-0.3, -0.25) is 4.79 Å². The summed E-state index contributed by atoms with van der Waals surface area (Å²) in [5.41, 5.74) is 6.11. The molecule has 0 saturated carbocycles. The van der Waals surface area contributed by atoms with Crippen LogP contribution in [-0.4, -0.2) is 13.1 Å². The molecule has 152 valence electrons. The number of fused-ring (bicyclic) bond motifs is 2. The van der Waals surface area contributed by atoms with Crippen LogP contribution in [0.25, 0.3) is 21.9 Å². The maximum Gasteiger partial charge on any atom is 0.316 e. The van der Waals surface area contributed by atoms with E-state index < -0.39 is 5.41 Å². The van der Waals surface area contributed by atoms with Crippen LogP contribution in [0.3, 0.4) is 0 Å². The Morgan fingerprint density at radius 2 is 1.29 bits per heavy atom. The summed E-state index contributed by atoms with van der Waals surface area (Å²) in [4.78, 5) is 13.0. The molecule has 4 aromatic rings. The van der Waals surface area contributed by atoms with E-state index in [9.17, 15) is 4.79 Å². The molecule has 1 aliphatic carbocycles. The lowest BCUT2D eigenvalue weighted by atomic mass is 9.82. The predicted molar refractivity (Wildman–Crippen MR) is 127 cm³/mol. The first kappa shape index (κ1) is 19.3. The first-order valence-corrected chi connectivity index (χ1v) is 10.6. The third kappa shape index (κ3) is 3.16. The monoisotopic (exact) mass is 404 g/mol. The van der Waals surface area contributed by atoms with Crippen LogP contribution in [0.1, 0.15) is 35.6 Å². The predicted octanol–water partition coefficient (Wildman–Crippen LogP) is 6.63. The van der Waals surface area contributed by atoms with E-state index in [-0.39, 0.29) is 5.97 Å². The van der Waals surface area contributed by atoms with E-state index in [1.807, 2.05) is 25.1 Å². The largest absolute Gasteiger partial charge is 0.468 e. The van der Waals surface area contributed by atoms with Gasteiger partial charge < -0.3 is 4.74 Å². The van der Waals surface area contributed by atoms with Gasteiger partial charge in [0.15, 0.2) is 0 Å². The van der Waals surface area contributed by atoms with E-state index in [1.54, 1.807) is 0 Å². The van der Waals surface area contributed by atoms with E-state index in [0.29, 0.717) is 6.42 Å². The lowest BCUT2D eigenvalue weighted by Gasteiger charge is -2.22. The molecule has 0 radical (unpaired) electrons. The molecule has 0 heterocycles. The van der Waals surface area contributed by atoms with Crippen molar-refractivity contribution in [1.29, 1.82) is 0 Å². The molecule has 0 bridgehead atoms. The number of carbonyl (C=O) groups is 1. The van der Waals surface area contributed by atoms with Gasteiger partial charge in [0, 0.05) is 0 Å². The van der Waals surface area contributed by atoms with Crippen LogP contribution in [0.4, 0.5) is 0 Å². The van der Waals surface area contributed by atoms with Crippen LogP contribution in [0.2, 0.25) is 0 Å². The van der Waals surface area contributed by atoms with Gasteiger partial charge in [-0.15, -0.1) is 0 Å². The van der Waals surface area contributed by atoms with Crippen molar-refractivity contribution in [3.8, 4) is 0 Å². The Balaban J connectivity index is 1.88. The Morgan fingerprint density at radius 3 is 1.84 bits per heavy atom. The van der Waals surface area contributed by atoms with E-state index >= 15 is 0 Å². The van der Waals surface area contributed by atoms with Crippen molar-refractivity contribution in [3.63, 3.8) is 0 Å². The highest BCUT2D eigenvalue weighted by Crippen LogP contribution is 2.51. The second-order valence-electron chi connectivity index (χ2n) is 8.33. The summed E-state index contributed by atoms with van der Waals surface area (Å²) in [5, 5.41) is 2.31. The van der Waals surface area contributed by atoms with Crippen LogP contribution in [0, 0.1) is 0 Å². The number of hydrogen-bond acceptors (Lipinski definition) is 2.